The van der Waals surface area contributed by atoms with Gasteiger partial charge in [0.25, 0.3) is 0 Å². The van der Waals surface area contributed by atoms with Crippen molar-refractivity contribution in [2.24, 2.45) is 7.05 Å². The molecule has 2 nitrogen and oxygen atoms in total. The summed E-state index contributed by atoms with van der Waals surface area (Å²) in [5.41, 5.74) is 3.40. The van der Waals surface area contributed by atoms with Crippen molar-refractivity contribution in [3.8, 4) is 11.5 Å². The van der Waals surface area contributed by atoms with Crippen LogP contribution in [0.2, 0.25) is 19.6 Å². The minimum absolute atomic E-state index is 1.02. The Balaban J connectivity index is 2.39. The molecule has 1 rings (SSSR count). The Morgan fingerprint density at radius 2 is 2.00 bits per heavy atom. The molecule has 0 spiro atoms. The molecule has 0 atom stereocenters. The van der Waals surface area contributed by atoms with Crippen LogP contribution in [0.5, 0.6) is 0 Å². The van der Waals surface area contributed by atoms with Crippen LogP contribution >= 0.6 is 0 Å². The quantitative estimate of drug-likeness (QED) is 0.408. The van der Waals surface area contributed by atoms with Crippen LogP contribution in [0.15, 0.2) is 12.4 Å². The summed E-state index contributed by atoms with van der Waals surface area (Å²) in [5.74, 6) is 3.31. The van der Waals surface area contributed by atoms with E-state index < -0.39 is 8.07 Å². The van der Waals surface area contributed by atoms with Gasteiger partial charge in [-0.15, -0.1) is 0 Å². The number of imidazole rings is 1. The monoisotopic (exact) mass is 415 g/mol. The van der Waals surface area contributed by atoms with Crippen LogP contribution in [0.3, 0.4) is 0 Å². The zero-order valence-electron chi connectivity index (χ0n) is 10.5. The van der Waals surface area contributed by atoms with Crippen LogP contribution in [0.25, 0.3) is 0 Å². The van der Waals surface area contributed by atoms with E-state index in [1.165, 1.54) is 3.80 Å². The van der Waals surface area contributed by atoms with E-state index in [1.807, 2.05) is 0 Å². The number of aryl methyl sites for hydroxylation is 2. The number of rotatable bonds is 3. The second kappa shape index (κ2) is 5.84. The number of aromatic nitrogens is 2. The third kappa shape index (κ3) is 4.68. The van der Waals surface area contributed by atoms with E-state index in [1.54, 1.807) is 0 Å². The second-order valence-electron chi connectivity index (χ2n) is 5.00. The zero-order valence-corrected chi connectivity index (χ0v) is 13.8. The summed E-state index contributed by atoms with van der Waals surface area (Å²) >= 11 is 2.35. The minimum atomic E-state index is -1.17. The second-order valence-corrected chi connectivity index (χ2v) is 10.8. The van der Waals surface area contributed by atoms with Gasteiger partial charge in [0.1, 0.15) is 0 Å². The molecule has 16 heavy (non-hydrogen) atoms. The van der Waals surface area contributed by atoms with E-state index in [4.69, 9.17) is 0 Å². The van der Waals surface area contributed by atoms with Crippen molar-refractivity contribution in [3.63, 3.8) is 0 Å². The Morgan fingerprint density at radius 1 is 1.31 bits per heavy atom. The molecule has 0 bridgehead atoms. The number of unbranched alkanes of at least 4 members (excludes halogenated alkanes) is 1. The van der Waals surface area contributed by atoms with Gasteiger partial charge in [-0.05, 0) is 0 Å². The molecule has 0 fully saturated rings. The molecule has 0 amide bonds. The fourth-order valence-electron chi connectivity index (χ4n) is 1.32. The van der Waals surface area contributed by atoms with Crippen LogP contribution in [0.1, 0.15) is 12.8 Å². The summed E-state index contributed by atoms with van der Waals surface area (Å²) in [5, 5.41) is 0. The Labute approximate surface area is 110 Å². The molecule has 0 saturated carbocycles. The van der Waals surface area contributed by atoms with Crippen molar-refractivity contribution in [1.29, 1.82) is 0 Å². The van der Waals surface area contributed by atoms with E-state index in [-0.39, 0.29) is 0 Å². The molecule has 4 heteroatoms. The number of hydrogen-bond donors (Lipinski definition) is 0. The molecule has 0 aliphatic heterocycles. The molecule has 0 radical (unpaired) electrons. The average molecular weight is 415 g/mol. The molecular weight excluding hydrogens is 395 g/mol. The van der Waals surface area contributed by atoms with E-state index in [0.29, 0.717) is 0 Å². The first-order valence-corrected chi connectivity index (χ1v) is 10.2. The third-order valence-corrected chi connectivity index (χ3v) is 4.50. The first-order valence-electron chi connectivity index (χ1n) is 5.57. The Bertz CT molecular complexity index is 454. The van der Waals surface area contributed by atoms with Gasteiger partial charge in [0, 0.05) is 0 Å². The molecule has 0 aromatic carbocycles. The van der Waals surface area contributed by atoms with Gasteiger partial charge in [-0.1, -0.05) is 0 Å². The van der Waals surface area contributed by atoms with Gasteiger partial charge in [-0.2, -0.15) is 0 Å². The van der Waals surface area contributed by atoms with Crippen LogP contribution in [0, 0.1) is 15.3 Å². The van der Waals surface area contributed by atoms with Crippen molar-refractivity contribution in [1.82, 2.24) is 9.13 Å². The van der Waals surface area contributed by atoms with Crippen LogP contribution in [-0.4, -0.2) is 17.2 Å². The number of hydrogen-bond acceptors (Lipinski definition) is 0. The average Bonchev–Trinajstić information content (AvgIpc) is 2.47. The van der Waals surface area contributed by atoms with Crippen molar-refractivity contribution in [3.05, 3.63) is 16.2 Å². The maximum absolute atomic E-state index is 3.40. The summed E-state index contributed by atoms with van der Waals surface area (Å²) in [6.07, 6.45) is 6.38. The van der Waals surface area contributed by atoms with Gasteiger partial charge in [-0.3, -0.25) is 0 Å². The van der Waals surface area contributed by atoms with Crippen LogP contribution in [0.4, 0.5) is 0 Å². The molecule has 0 aliphatic carbocycles. The van der Waals surface area contributed by atoms with Gasteiger partial charge in [0.15, 0.2) is 0 Å². The molecular formula is C12H20N2PtSi. The molecule has 1 aromatic heterocycles. The molecule has 0 aliphatic rings. The SMILES string of the molecule is Cn1ccn(CCCC#C[Si](C)(C)C)[c]1=[Pt]. The van der Waals surface area contributed by atoms with Gasteiger partial charge >= 0.3 is 110 Å². The third-order valence-electron chi connectivity index (χ3n) is 2.12. The summed E-state index contributed by atoms with van der Waals surface area (Å²) in [7, 11) is 0.907. The normalized spacial score (nSPS) is 11.1. The molecule has 1 heterocycles. The maximum atomic E-state index is 3.40. The summed E-state index contributed by atoms with van der Waals surface area (Å²) in [4.78, 5) is 0. The number of nitrogens with zero attached hydrogens (tertiary/aromatic N) is 2. The van der Waals surface area contributed by atoms with E-state index in [2.05, 4.69) is 79.0 Å². The Kier molecular flexibility index (Phi) is 5.02. The van der Waals surface area contributed by atoms with Crippen molar-refractivity contribution >= 4 is 8.07 Å². The molecule has 0 unspecified atom stereocenters. The van der Waals surface area contributed by atoms with Crippen molar-refractivity contribution in [2.45, 2.75) is 39.0 Å². The summed E-state index contributed by atoms with van der Waals surface area (Å²) in [6, 6.07) is 0. The van der Waals surface area contributed by atoms with Gasteiger partial charge in [-0.25, -0.2) is 0 Å². The van der Waals surface area contributed by atoms with Crippen molar-refractivity contribution in [2.75, 3.05) is 0 Å². The zero-order chi connectivity index (χ0) is 12.2. The summed E-state index contributed by atoms with van der Waals surface area (Å²) < 4.78 is 5.69. The summed E-state index contributed by atoms with van der Waals surface area (Å²) in [6.45, 7) is 7.93. The van der Waals surface area contributed by atoms with Gasteiger partial charge in [0.05, 0.1) is 0 Å². The van der Waals surface area contributed by atoms with Gasteiger partial charge in [0.2, 0.25) is 0 Å². The predicted molar refractivity (Wildman–Crippen MR) is 67.0 cm³/mol. The molecule has 0 N–H and O–H groups in total. The topological polar surface area (TPSA) is 9.86 Å². The molecule has 0 saturated heterocycles. The fourth-order valence-corrected chi connectivity index (χ4v) is 2.57. The predicted octanol–water partition coefficient (Wildman–Crippen LogP) is 2.57. The first-order chi connectivity index (χ1) is 7.40. The Morgan fingerprint density at radius 3 is 2.50 bits per heavy atom. The standard InChI is InChI=1S/C12H20N2Si.Pt/c1-13-9-10-14(12-13)8-6-5-7-11-15(2,3)4;/h9-10H,5-6,8H2,1-4H3;. The van der Waals surface area contributed by atoms with Gasteiger partial charge < -0.3 is 0 Å². The Hall–Kier alpha value is -0.325. The van der Waals surface area contributed by atoms with E-state index >= 15 is 0 Å². The van der Waals surface area contributed by atoms with Crippen LogP contribution < -0.4 is 0 Å². The van der Waals surface area contributed by atoms with Crippen LogP contribution in [-0.2, 0) is 32.9 Å². The van der Waals surface area contributed by atoms with E-state index in [9.17, 15) is 0 Å². The van der Waals surface area contributed by atoms with Crippen molar-refractivity contribution < 1.29 is 19.4 Å². The molecule has 92 valence electrons. The molecule has 1 aromatic rings. The first kappa shape index (κ1) is 13.7. The van der Waals surface area contributed by atoms with E-state index in [0.717, 1.165) is 19.4 Å². The fraction of sp³-hybridized carbons (Fsp3) is 0.583.